The van der Waals surface area contributed by atoms with Crippen molar-refractivity contribution in [3.63, 3.8) is 0 Å². The predicted octanol–water partition coefficient (Wildman–Crippen LogP) is 4.66. The van der Waals surface area contributed by atoms with Crippen LogP contribution in [0.2, 0.25) is 0 Å². The molecule has 0 unspecified atom stereocenters. The van der Waals surface area contributed by atoms with Gasteiger partial charge in [-0.2, -0.15) is 26.3 Å². The number of hydrogen-bond donors (Lipinski definition) is 2. The van der Waals surface area contributed by atoms with Gasteiger partial charge < -0.3 is 14.9 Å². The fourth-order valence-corrected chi connectivity index (χ4v) is 3.49. The molecule has 0 bridgehead atoms. The van der Waals surface area contributed by atoms with Gasteiger partial charge in [0.25, 0.3) is 5.79 Å². The van der Waals surface area contributed by atoms with Gasteiger partial charge in [-0.25, -0.2) is 4.98 Å². The summed E-state index contributed by atoms with van der Waals surface area (Å²) in [7, 11) is 1.24. The molecule has 11 heteroatoms. The minimum Gasteiger partial charge on any atom is -0.497 e. The number of halogens is 6. The van der Waals surface area contributed by atoms with Crippen molar-refractivity contribution in [3.8, 4) is 5.75 Å². The summed E-state index contributed by atoms with van der Waals surface area (Å²) in [5.41, 5.74) is -3.24. The van der Waals surface area contributed by atoms with Gasteiger partial charge >= 0.3 is 12.4 Å². The van der Waals surface area contributed by atoms with Crippen molar-refractivity contribution in [1.82, 2.24) is 9.97 Å². The highest BCUT2D eigenvalue weighted by atomic mass is 19.4. The van der Waals surface area contributed by atoms with Gasteiger partial charge in [-0.05, 0) is 30.3 Å². The Morgan fingerprint density at radius 2 is 1.58 bits per heavy atom. The van der Waals surface area contributed by atoms with Crippen LogP contribution in [-0.2, 0) is 12.0 Å². The summed E-state index contributed by atoms with van der Waals surface area (Å²) < 4.78 is 87.4. The molecule has 2 aromatic heterocycles. The molecule has 0 atom stereocenters. The standard InChI is InChI=1S/C20H12F6N2O3/c1-31-9-4-5-14-11(7-9)15(19(21,22)23)12-8-13(18(29,30)20(24,25)26)10-3-2-6-27-16(10)17(12)28-14/h2-8,29-30H,1H3. The number of fused-ring (bicyclic) bond motifs is 4. The number of benzene rings is 2. The predicted molar refractivity (Wildman–Crippen MR) is 98.3 cm³/mol. The average Bonchev–Trinajstić information content (AvgIpc) is 2.69. The molecule has 162 valence electrons. The van der Waals surface area contributed by atoms with Crippen molar-refractivity contribution < 1.29 is 41.3 Å². The Morgan fingerprint density at radius 3 is 2.19 bits per heavy atom. The first kappa shape index (κ1) is 21.1. The molecule has 0 aliphatic carbocycles. The third-order valence-electron chi connectivity index (χ3n) is 4.89. The highest BCUT2D eigenvalue weighted by Gasteiger charge is 2.55. The van der Waals surface area contributed by atoms with Crippen molar-refractivity contribution in [2.75, 3.05) is 7.11 Å². The van der Waals surface area contributed by atoms with Crippen LogP contribution >= 0.6 is 0 Å². The summed E-state index contributed by atoms with van der Waals surface area (Å²) in [4.78, 5) is 8.06. The molecule has 4 rings (SSSR count). The molecular formula is C20H12F6N2O3. The Labute approximate surface area is 169 Å². The zero-order valence-corrected chi connectivity index (χ0v) is 15.5. The summed E-state index contributed by atoms with van der Waals surface area (Å²) in [6.07, 6.45) is -9.45. The smallest absolute Gasteiger partial charge is 0.447 e. The van der Waals surface area contributed by atoms with Crippen molar-refractivity contribution >= 4 is 32.7 Å². The second-order valence-electron chi connectivity index (χ2n) is 6.76. The first-order chi connectivity index (χ1) is 14.4. The van der Waals surface area contributed by atoms with Gasteiger partial charge in [-0.3, -0.25) is 4.98 Å². The van der Waals surface area contributed by atoms with Crippen LogP contribution in [0.25, 0.3) is 32.7 Å². The number of hydrogen-bond acceptors (Lipinski definition) is 5. The lowest BCUT2D eigenvalue weighted by molar-refractivity contribution is -0.357. The average molecular weight is 442 g/mol. The van der Waals surface area contributed by atoms with Crippen LogP contribution in [0.5, 0.6) is 5.75 Å². The summed E-state index contributed by atoms with van der Waals surface area (Å²) >= 11 is 0. The van der Waals surface area contributed by atoms with Gasteiger partial charge in [-0.1, -0.05) is 6.07 Å². The Kier molecular flexibility index (Phi) is 4.53. The monoisotopic (exact) mass is 442 g/mol. The molecule has 5 nitrogen and oxygen atoms in total. The highest BCUT2D eigenvalue weighted by molar-refractivity contribution is 6.10. The van der Waals surface area contributed by atoms with E-state index in [2.05, 4.69) is 9.97 Å². The van der Waals surface area contributed by atoms with E-state index in [1.54, 1.807) is 0 Å². The zero-order valence-electron chi connectivity index (χ0n) is 15.5. The maximum atomic E-state index is 14.1. The first-order valence-electron chi connectivity index (χ1n) is 8.64. The van der Waals surface area contributed by atoms with E-state index < -0.39 is 45.4 Å². The van der Waals surface area contributed by atoms with E-state index in [0.717, 1.165) is 18.3 Å². The van der Waals surface area contributed by atoms with Crippen LogP contribution in [0.15, 0.2) is 42.6 Å². The molecule has 0 spiro atoms. The molecule has 0 aliphatic rings. The molecule has 0 radical (unpaired) electrons. The minimum absolute atomic E-state index is 0.0762. The lowest BCUT2D eigenvalue weighted by Crippen LogP contribution is -2.42. The SMILES string of the molecule is COc1ccc2nc3c(cc(C(O)(O)C(F)(F)F)c4cccnc43)c(C(F)(F)F)c2c1. The summed E-state index contributed by atoms with van der Waals surface area (Å²) in [6.45, 7) is 0. The van der Waals surface area contributed by atoms with Gasteiger partial charge in [-0.15, -0.1) is 0 Å². The van der Waals surface area contributed by atoms with E-state index in [-0.39, 0.29) is 22.3 Å². The normalized spacial score (nSPS) is 13.3. The molecule has 2 aromatic carbocycles. The molecule has 0 fully saturated rings. The number of aliphatic hydroxyl groups is 2. The van der Waals surface area contributed by atoms with Gasteiger partial charge in [0.05, 0.1) is 29.2 Å². The molecule has 2 N–H and O–H groups in total. The van der Waals surface area contributed by atoms with E-state index >= 15 is 0 Å². The Bertz CT molecular complexity index is 1330. The molecule has 31 heavy (non-hydrogen) atoms. The van der Waals surface area contributed by atoms with E-state index in [9.17, 15) is 36.6 Å². The Morgan fingerprint density at radius 1 is 0.871 bits per heavy atom. The number of pyridine rings is 2. The van der Waals surface area contributed by atoms with Gasteiger partial charge in [0.2, 0.25) is 0 Å². The molecule has 0 saturated carbocycles. The fraction of sp³-hybridized carbons (Fsp3) is 0.200. The van der Waals surface area contributed by atoms with Crippen molar-refractivity contribution in [2.45, 2.75) is 18.1 Å². The number of nitrogens with zero attached hydrogens (tertiary/aromatic N) is 2. The van der Waals surface area contributed by atoms with Crippen LogP contribution in [0, 0.1) is 0 Å². The topological polar surface area (TPSA) is 75.5 Å². The van der Waals surface area contributed by atoms with E-state index in [1.165, 1.54) is 25.3 Å². The van der Waals surface area contributed by atoms with Crippen LogP contribution in [0.3, 0.4) is 0 Å². The molecule has 2 heterocycles. The lowest BCUT2D eigenvalue weighted by atomic mass is 9.93. The van der Waals surface area contributed by atoms with Gasteiger partial charge in [0.15, 0.2) is 0 Å². The molecule has 4 aromatic rings. The summed E-state index contributed by atoms with van der Waals surface area (Å²) in [5, 5.41) is 18.1. The lowest BCUT2D eigenvalue weighted by Gasteiger charge is -2.27. The number of aromatic nitrogens is 2. The first-order valence-corrected chi connectivity index (χ1v) is 8.64. The molecule has 0 amide bonds. The van der Waals surface area contributed by atoms with Gasteiger partial charge in [0, 0.05) is 27.9 Å². The second-order valence-corrected chi connectivity index (χ2v) is 6.76. The van der Waals surface area contributed by atoms with E-state index in [0.29, 0.717) is 6.07 Å². The zero-order chi connectivity index (χ0) is 22.8. The summed E-state index contributed by atoms with van der Waals surface area (Å²) in [5.74, 6) is -4.35. The van der Waals surface area contributed by atoms with Crippen molar-refractivity contribution in [2.24, 2.45) is 0 Å². The summed E-state index contributed by atoms with van der Waals surface area (Å²) in [6, 6.07) is 6.49. The molecule has 0 saturated heterocycles. The maximum absolute atomic E-state index is 14.1. The van der Waals surface area contributed by atoms with E-state index in [4.69, 9.17) is 4.74 Å². The van der Waals surface area contributed by atoms with Crippen LogP contribution in [0.1, 0.15) is 11.1 Å². The number of methoxy groups -OCH3 is 1. The fourth-order valence-electron chi connectivity index (χ4n) is 3.49. The number of rotatable bonds is 2. The Hall–Kier alpha value is -3.18. The van der Waals surface area contributed by atoms with Crippen LogP contribution < -0.4 is 4.74 Å². The second kappa shape index (κ2) is 6.66. The third-order valence-corrected chi connectivity index (χ3v) is 4.89. The number of alkyl halides is 6. The van der Waals surface area contributed by atoms with E-state index in [1.807, 2.05) is 0 Å². The van der Waals surface area contributed by atoms with Crippen LogP contribution in [-0.4, -0.2) is 33.5 Å². The maximum Gasteiger partial charge on any atom is 0.447 e. The quantitative estimate of drug-likeness (QED) is 0.204. The van der Waals surface area contributed by atoms with Crippen LogP contribution in [0.4, 0.5) is 26.3 Å². The highest BCUT2D eigenvalue weighted by Crippen LogP contribution is 2.45. The largest absolute Gasteiger partial charge is 0.497 e. The Balaban J connectivity index is 2.29. The number of ether oxygens (including phenoxy) is 1. The van der Waals surface area contributed by atoms with Crippen molar-refractivity contribution in [3.05, 3.63) is 53.7 Å². The molecular weight excluding hydrogens is 430 g/mol. The van der Waals surface area contributed by atoms with Crippen molar-refractivity contribution in [1.29, 1.82) is 0 Å². The minimum atomic E-state index is -5.59. The molecule has 0 aliphatic heterocycles. The third kappa shape index (κ3) is 3.20. The van der Waals surface area contributed by atoms with Gasteiger partial charge in [0.1, 0.15) is 5.75 Å².